The summed E-state index contributed by atoms with van der Waals surface area (Å²) in [4.78, 5) is 10.8. The Morgan fingerprint density at radius 3 is 2.44 bits per heavy atom. The molecule has 0 unspecified atom stereocenters. The van der Waals surface area contributed by atoms with Crippen molar-refractivity contribution in [2.24, 2.45) is 5.41 Å². The Morgan fingerprint density at radius 2 is 2.06 bits per heavy atom. The van der Waals surface area contributed by atoms with Gasteiger partial charge in [-0.1, -0.05) is 0 Å². The SMILES string of the molecule is Cc1nn(CC2(CC(=O)O)CC2)c(C)c1C. The van der Waals surface area contributed by atoms with Crippen LogP contribution in [-0.2, 0) is 11.3 Å². The van der Waals surface area contributed by atoms with E-state index in [1.165, 1.54) is 5.56 Å². The number of nitrogens with zero attached hydrogens (tertiary/aromatic N) is 2. The van der Waals surface area contributed by atoms with Crippen molar-refractivity contribution in [3.05, 3.63) is 17.0 Å². The van der Waals surface area contributed by atoms with Crippen molar-refractivity contribution in [3.8, 4) is 0 Å². The highest BCUT2D eigenvalue weighted by molar-refractivity contribution is 5.68. The molecule has 1 aromatic heterocycles. The molecule has 0 atom stereocenters. The Balaban J connectivity index is 2.15. The van der Waals surface area contributed by atoms with Gasteiger partial charge in [0.2, 0.25) is 0 Å². The maximum absolute atomic E-state index is 10.8. The average molecular weight is 222 g/mol. The summed E-state index contributed by atoms with van der Waals surface area (Å²) in [5.74, 6) is -0.698. The van der Waals surface area contributed by atoms with E-state index in [1.807, 2.05) is 18.5 Å². The predicted octanol–water partition coefficient (Wildman–Crippen LogP) is 2.06. The highest BCUT2D eigenvalue weighted by atomic mass is 16.4. The molecule has 2 rings (SSSR count). The Bertz CT molecular complexity index is 430. The van der Waals surface area contributed by atoms with Crippen molar-refractivity contribution in [3.63, 3.8) is 0 Å². The Morgan fingerprint density at radius 1 is 1.44 bits per heavy atom. The molecule has 0 saturated heterocycles. The van der Waals surface area contributed by atoms with Gasteiger partial charge in [-0.2, -0.15) is 5.10 Å². The van der Waals surface area contributed by atoms with Gasteiger partial charge in [0, 0.05) is 17.7 Å². The fourth-order valence-corrected chi connectivity index (χ4v) is 2.15. The second-order valence-corrected chi connectivity index (χ2v) is 5.02. The number of aryl methyl sites for hydroxylation is 1. The van der Waals surface area contributed by atoms with Crippen molar-refractivity contribution in [2.45, 2.75) is 46.6 Å². The minimum Gasteiger partial charge on any atom is -0.481 e. The van der Waals surface area contributed by atoms with Crippen molar-refractivity contribution in [1.82, 2.24) is 9.78 Å². The molecule has 0 radical (unpaired) electrons. The molecule has 0 aliphatic heterocycles. The monoisotopic (exact) mass is 222 g/mol. The molecule has 1 heterocycles. The second kappa shape index (κ2) is 3.61. The van der Waals surface area contributed by atoms with Gasteiger partial charge < -0.3 is 5.11 Å². The molecular formula is C12H18N2O2. The van der Waals surface area contributed by atoms with Crippen LogP contribution in [0.15, 0.2) is 0 Å². The number of rotatable bonds is 4. The van der Waals surface area contributed by atoms with Gasteiger partial charge in [-0.05, 0) is 39.2 Å². The lowest BCUT2D eigenvalue weighted by Gasteiger charge is -2.13. The van der Waals surface area contributed by atoms with Crippen LogP contribution in [0.5, 0.6) is 0 Å². The molecular weight excluding hydrogens is 204 g/mol. The highest BCUT2D eigenvalue weighted by Gasteiger charge is 2.45. The summed E-state index contributed by atoms with van der Waals surface area (Å²) in [6, 6.07) is 0. The summed E-state index contributed by atoms with van der Waals surface area (Å²) in [5, 5.41) is 13.3. The first-order valence-corrected chi connectivity index (χ1v) is 5.66. The predicted molar refractivity (Wildman–Crippen MR) is 60.4 cm³/mol. The van der Waals surface area contributed by atoms with Crippen molar-refractivity contribution in [2.75, 3.05) is 0 Å². The first-order valence-electron chi connectivity index (χ1n) is 5.66. The van der Waals surface area contributed by atoms with Gasteiger partial charge in [0.15, 0.2) is 0 Å². The number of carboxylic acids is 1. The summed E-state index contributed by atoms with van der Waals surface area (Å²) in [5.41, 5.74) is 3.39. The van der Waals surface area contributed by atoms with E-state index in [0.29, 0.717) is 0 Å². The average Bonchev–Trinajstić information content (AvgIpc) is 2.88. The number of hydrogen-bond acceptors (Lipinski definition) is 2. The Labute approximate surface area is 95.3 Å². The Kier molecular flexibility index (Phi) is 2.52. The quantitative estimate of drug-likeness (QED) is 0.848. The van der Waals surface area contributed by atoms with Crippen LogP contribution in [-0.4, -0.2) is 20.9 Å². The third-order valence-corrected chi connectivity index (χ3v) is 3.71. The number of aromatic nitrogens is 2. The first-order chi connectivity index (χ1) is 7.43. The smallest absolute Gasteiger partial charge is 0.303 e. The molecule has 1 N–H and O–H groups in total. The van der Waals surface area contributed by atoms with Crippen LogP contribution in [0.2, 0.25) is 0 Å². The third kappa shape index (κ3) is 1.96. The fourth-order valence-electron chi connectivity index (χ4n) is 2.15. The number of carbonyl (C=O) groups is 1. The number of carboxylic acid groups (broad SMARTS) is 1. The van der Waals surface area contributed by atoms with E-state index in [-0.39, 0.29) is 11.8 Å². The van der Waals surface area contributed by atoms with E-state index in [9.17, 15) is 4.79 Å². The van der Waals surface area contributed by atoms with Gasteiger partial charge in [-0.15, -0.1) is 0 Å². The lowest BCUT2D eigenvalue weighted by atomic mass is 10.0. The zero-order chi connectivity index (χ0) is 11.9. The first kappa shape index (κ1) is 11.2. The van der Waals surface area contributed by atoms with E-state index in [1.54, 1.807) is 0 Å². The normalized spacial score (nSPS) is 17.4. The maximum atomic E-state index is 10.8. The largest absolute Gasteiger partial charge is 0.481 e. The summed E-state index contributed by atoms with van der Waals surface area (Å²) < 4.78 is 1.97. The summed E-state index contributed by atoms with van der Waals surface area (Å²) in [6.45, 7) is 6.85. The topological polar surface area (TPSA) is 55.1 Å². The van der Waals surface area contributed by atoms with Gasteiger partial charge in [-0.25, -0.2) is 0 Å². The van der Waals surface area contributed by atoms with Crippen LogP contribution in [0.25, 0.3) is 0 Å². The minimum absolute atomic E-state index is 0.0263. The van der Waals surface area contributed by atoms with E-state index in [4.69, 9.17) is 5.11 Å². The molecule has 1 fully saturated rings. The van der Waals surface area contributed by atoms with Crippen LogP contribution in [0.1, 0.15) is 36.2 Å². The van der Waals surface area contributed by atoms with Gasteiger partial charge in [0.1, 0.15) is 0 Å². The number of aliphatic carboxylic acids is 1. The molecule has 1 saturated carbocycles. The van der Waals surface area contributed by atoms with Crippen LogP contribution in [0, 0.1) is 26.2 Å². The van der Waals surface area contributed by atoms with Crippen LogP contribution >= 0.6 is 0 Å². The third-order valence-electron chi connectivity index (χ3n) is 3.71. The van der Waals surface area contributed by atoms with E-state index >= 15 is 0 Å². The minimum atomic E-state index is -0.698. The second-order valence-electron chi connectivity index (χ2n) is 5.02. The van der Waals surface area contributed by atoms with Gasteiger partial charge in [0.05, 0.1) is 12.1 Å². The molecule has 1 aromatic rings. The van der Waals surface area contributed by atoms with Crippen molar-refractivity contribution >= 4 is 5.97 Å². The molecule has 88 valence electrons. The van der Waals surface area contributed by atoms with Crippen LogP contribution in [0.3, 0.4) is 0 Å². The van der Waals surface area contributed by atoms with Crippen LogP contribution < -0.4 is 0 Å². The molecule has 0 amide bonds. The van der Waals surface area contributed by atoms with Gasteiger partial charge in [-0.3, -0.25) is 9.48 Å². The summed E-state index contributed by atoms with van der Waals surface area (Å²) in [7, 11) is 0. The van der Waals surface area contributed by atoms with E-state index in [0.717, 1.165) is 30.8 Å². The van der Waals surface area contributed by atoms with Crippen LogP contribution in [0.4, 0.5) is 0 Å². The molecule has 1 aliphatic rings. The molecule has 4 heteroatoms. The van der Waals surface area contributed by atoms with Gasteiger partial charge in [0.25, 0.3) is 0 Å². The molecule has 1 aliphatic carbocycles. The van der Waals surface area contributed by atoms with E-state index in [2.05, 4.69) is 12.0 Å². The Hall–Kier alpha value is -1.32. The molecule has 0 bridgehead atoms. The number of hydrogen-bond donors (Lipinski definition) is 1. The summed E-state index contributed by atoms with van der Waals surface area (Å²) >= 11 is 0. The molecule has 0 spiro atoms. The fraction of sp³-hybridized carbons (Fsp3) is 0.667. The standard InChI is InChI=1S/C12H18N2O2/c1-8-9(2)13-14(10(8)3)7-12(4-5-12)6-11(15)16/h4-7H2,1-3H3,(H,15,16). The van der Waals surface area contributed by atoms with Crippen molar-refractivity contribution in [1.29, 1.82) is 0 Å². The van der Waals surface area contributed by atoms with Crippen molar-refractivity contribution < 1.29 is 9.90 Å². The molecule has 4 nitrogen and oxygen atoms in total. The molecule has 16 heavy (non-hydrogen) atoms. The van der Waals surface area contributed by atoms with Gasteiger partial charge >= 0.3 is 5.97 Å². The lowest BCUT2D eigenvalue weighted by Crippen LogP contribution is -2.17. The highest BCUT2D eigenvalue weighted by Crippen LogP contribution is 2.50. The zero-order valence-electron chi connectivity index (χ0n) is 10.1. The lowest BCUT2D eigenvalue weighted by molar-refractivity contribution is -0.138. The molecule has 0 aromatic carbocycles. The maximum Gasteiger partial charge on any atom is 0.303 e. The summed E-state index contributed by atoms with van der Waals surface area (Å²) in [6.07, 6.45) is 2.29. The van der Waals surface area contributed by atoms with E-state index < -0.39 is 5.97 Å². The zero-order valence-corrected chi connectivity index (χ0v) is 10.1.